The number of hydrogen-bond acceptors (Lipinski definition) is 4. The molecule has 16 heavy (non-hydrogen) atoms. The van der Waals surface area contributed by atoms with E-state index in [1.807, 2.05) is 0 Å². The normalized spacial score (nSPS) is 15.8. The van der Waals surface area contributed by atoms with Gasteiger partial charge in [-0.25, -0.2) is 10.1 Å². The molecule has 1 unspecified atom stereocenters. The van der Waals surface area contributed by atoms with Crippen LogP contribution in [0, 0.1) is 0 Å². The van der Waals surface area contributed by atoms with Crippen molar-refractivity contribution in [3.05, 3.63) is 0 Å². The van der Waals surface area contributed by atoms with Crippen LogP contribution in [0.5, 0.6) is 0 Å². The lowest BCUT2D eigenvalue weighted by Crippen LogP contribution is -2.49. The van der Waals surface area contributed by atoms with Crippen molar-refractivity contribution >= 4 is 10.2 Å². The molecule has 0 aliphatic carbocycles. The van der Waals surface area contributed by atoms with Crippen LogP contribution in [0.2, 0.25) is 0 Å². The van der Waals surface area contributed by atoms with Gasteiger partial charge in [-0.05, 0) is 0 Å². The van der Waals surface area contributed by atoms with Crippen molar-refractivity contribution in [1.82, 2.24) is 9.42 Å². The number of rotatable bonds is 5. The second kappa shape index (κ2) is 5.27. The molecule has 0 saturated carbocycles. The summed E-state index contributed by atoms with van der Waals surface area (Å²) in [4.78, 5) is 0. The van der Waals surface area contributed by atoms with Crippen molar-refractivity contribution in [1.29, 1.82) is 0 Å². The van der Waals surface area contributed by atoms with Crippen LogP contribution in [0.25, 0.3) is 0 Å². The Morgan fingerprint density at radius 2 is 1.81 bits per heavy atom. The summed E-state index contributed by atoms with van der Waals surface area (Å²) in [5.74, 6) is 0. The predicted molar refractivity (Wildman–Crippen MR) is 50.2 cm³/mol. The number of aliphatic hydroxyl groups is 1. The van der Waals surface area contributed by atoms with Crippen molar-refractivity contribution in [3.8, 4) is 0 Å². The molecular weight excluding hydrogens is 251 g/mol. The molecule has 3 N–H and O–H groups in total. The largest absolute Gasteiger partial charge is 0.391 e. The fourth-order valence-corrected chi connectivity index (χ4v) is 1.84. The second-order valence-corrected chi connectivity index (χ2v) is 4.82. The Balaban J connectivity index is 4.55. The van der Waals surface area contributed by atoms with E-state index in [-0.39, 0.29) is 0 Å². The lowest BCUT2D eigenvalue weighted by Gasteiger charge is -2.28. The van der Waals surface area contributed by atoms with Gasteiger partial charge in [0.2, 0.25) is 0 Å². The second-order valence-electron chi connectivity index (χ2n) is 3.37. The zero-order chi connectivity index (χ0) is 13.1. The van der Waals surface area contributed by atoms with Crippen LogP contribution in [0.3, 0.4) is 0 Å². The van der Waals surface area contributed by atoms with Crippen LogP contribution in [-0.2, 0) is 10.2 Å². The Bertz CT molecular complexity index is 317. The third-order valence-corrected chi connectivity index (χ3v) is 2.64. The lowest BCUT2D eigenvalue weighted by molar-refractivity contribution is -0.156. The Hall–Kier alpha value is -0.420. The summed E-state index contributed by atoms with van der Waals surface area (Å²) in [6.45, 7) is -0.745. The SMILES string of the molecule is CN(C)N(CC(O)CC(F)(F)F)S(N)(=O)=O. The van der Waals surface area contributed by atoms with Gasteiger partial charge < -0.3 is 5.11 Å². The van der Waals surface area contributed by atoms with E-state index in [1.165, 1.54) is 14.1 Å². The molecular formula is C6H14F3N3O3S. The minimum atomic E-state index is -4.56. The van der Waals surface area contributed by atoms with E-state index in [4.69, 9.17) is 10.2 Å². The van der Waals surface area contributed by atoms with Crippen molar-refractivity contribution < 1.29 is 26.7 Å². The van der Waals surface area contributed by atoms with E-state index < -0.39 is 35.5 Å². The highest BCUT2D eigenvalue weighted by molar-refractivity contribution is 7.86. The molecule has 98 valence electrons. The summed E-state index contributed by atoms with van der Waals surface area (Å²) < 4.78 is 58.0. The predicted octanol–water partition coefficient (Wildman–Crippen LogP) is -0.718. The van der Waals surface area contributed by atoms with Crippen LogP contribution in [-0.4, -0.2) is 55.9 Å². The number of nitrogens with two attached hydrogens (primary N) is 1. The van der Waals surface area contributed by atoms with Crippen molar-refractivity contribution in [2.24, 2.45) is 5.14 Å². The zero-order valence-electron chi connectivity index (χ0n) is 8.77. The first kappa shape index (κ1) is 15.6. The van der Waals surface area contributed by atoms with Gasteiger partial charge >= 0.3 is 6.18 Å². The first-order valence-corrected chi connectivity index (χ1v) is 5.66. The van der Waals surface area contributed by atoms with Crippen molar-refractivity contribution in [3.63, 3.8) is 0 Å². The molecule has 0 aromatic carbocycles. The summed E-state index contributed by atoms with van der Waals surface area (Å²) in [7, 11) is -1.62. The van der Waals surface area contributed by atoms with Gasteiger partial charge in [0.15, 0.2) is 0 Å². The molecule has 0 spiro atoms. The van der Waals surface area contributed by atoms with Crippen LogP contribution in [0.4, 0.5) is 13.2 Å². The average molecular weight is 265 g/mol. The van der Waals surface area contributed by atoms with E-state index in [1.54, 1.807) is 0 Å². The molecule has 0 rings (SSSR count). The maximum absolute atomic E-state index is 11.9. The Labute approximate surface area is 91.6 Å². The summed E-state index contributed by atoms with van der Waals surface area (Å²) in [6.07, 6.45) is -7.91. The van der Waals surface area contributed by atoms with Gasteiger partial charge in [0.1, 0.15) is 0 Å². The molecule has 6 nitrogen and oxygen atoms in total. The minimum absolute atomic E-state index is 0.448. The van der Waals surface area contributed by atoms with Crippen molar-refractivity contribution in [2.75, 3.05) is 20.6 Å². The minimum Gasteiger partial charge on any atom is -0.391 e. The average Bonchev–Trinajstić information content (AvgIpc) is 1.93. The number of alkyl halides is 3. The zero-order valence-corrected chi connectivity index (χ0v) is 9.59. The summed E-state index contributed by atoms with van der Waals surface area (Å²) in [6, 6.07) is 0. The maximum atomic E-state index is 11.9. The molecule has 0 aliphatic heterocycles. The monoisotopic (exact) mass is 265 g/mol. The molecule has 0 aromatic heterocycles. The fourth-order valence-electron chi connectivity index (χ4n) is 1.01. The first-order chi connectivity index (χ1) is 6.93. The van der Waals surface area contributed by atoms with Gasteiger partial charge in [-0.15, -0.1) is 4.41 Å². The quantitative estimate of drug-likeness (QED) is 0.642. The summed E-state index contributed by atoms with van der Waals surface area (Å²) >= 11 is 0. The van der Waals surface area contributed by atoms with E-state index in [0.717, 1.165) is 5.01 Å². The van der Waals surface area contributed by atoms with E-state index in [0.29, 0.717) is 4.41 Å². The molecule has 0 heterocycles. The molecule has 0 aromatic rings. The number of aliphatic hydroxyl groups excluding tert-OH is 1. The Kier molecular flexibility index (Phi) is 5.14. The highest BCUT2D eigenvalue weighted by Gasteiger charge is 2.33. The summed E-state index contributed by atoms with van der Waals surface area (Å²) in [5.41, 5.74) is 0. The van der Waals surface area contributed by atoms with Crippen LogP contribution in [0.15, 0.2) is 0 Å². The van der Waals surface area contributed by atoms with Gasteiger partial charge in [-0.2, -0.15) is 21.6 Å². The topological polar surface area (TPSA) is 86.9 Å². The van der Waals surface area contributed by atoms with E-state index >= 15 is 0 Å². The fraction of sp³-hybridized carbons (Fsp3) is 1.00. The van der Waals surface area contributed by atoms with Gasteiger partial charge in [-0.3, -0.25) is 0 Å². The summed E-state index contributed by atoms with van der Waals surface area (Å²) in [5, 5.41) is 14.8. The van der Waals surface area contributed by atoms with Crippen LogP contribution >= 0.6 is 0 Å². The maximum Gasteiger partial charge on any atom is 0.391 e. The smallest absolute Gasteiger partial charge is 0.391 e. The molecule has 1 atom stereocenters. The standard InChI is InChI=1S/C6H14F3N3O3S/c1-11(2)12(16(10,14)15)4-5(13)3-6(7,8)9/h5,13H,3-4H2,1-2H3,(H2,10,14,15). The molecule has 10 heteroatoms. The van der Waals surface area contributed by atoms with Gasteiger partial charge in [0, 0.05) is 14.1 Å². The number of nitrogens with zero attached hydrogens (tertiary/aromatic N) is 2. The van der Waals surface area contributed by atoms with E-state index in [9.17, 15) is 21.6 Å². The van der Waals surface area contributed by atoms with E-state index in [2.05, 4.69) is 0 Å². The third-order valence-electron chi connectivity index (χ3n) is 1.57. The van der Waals surface area contributed by atoms with Crippen LogP contribution in [0.1, 0.15) is 6.42 Å². The highest BCUT2D eigenvalue weighted by Crippen LogP contribution is 2.22. The third kappa shape index (κ3) is 6.23. The van der Waals surface area contributed by atoms with Gasteiger partial charge in [-0.1, -0.05) is 0 Å². The highest BCUT2D eigenvalue weighted by atomic mass is 32.2. The van der Waals surface area contributed by atoms with Crippen LogP contribution < -0.4 is 5.14 Å². The lowest BCUT2D eigenvalue weighted by atomic mass is 10.2. The molecule has 0 radical (unpaired) electrons. The molecule has 0 amide bonds. The number of halogens is 3. The van der Waals surface area contributed by atoms with Crippen molar-refractivity contribution in [2.45, 2.75) is 18.7 Å². The number of hydrazine groups is 1. The Morgan fingerprint density at radius 3 is 2.06 bits per heavy atom. The molecule has 0 fully saturated rings. The Morgan fingerprint density at radius 1 is 1.38 bits per heavy atom. The van der Waals surface area contributed by atoms with Gasteiger partial charge in [0.25, 0.3) is 10.2 Å². The molecule has 0 saturated heterocycles. The van der Waals surface area contributed by atoms with Gasteiger partial charge in [0.05, 0.1) is 19.1 Å². The molecule has 0 aliphatic rings. The number of hydrogen-bond donors (Lipinski definition) is 2. The molecule has 0 bridgehead atoms. The first-order valence-electron chi connectivity index (χ1n) is 4.16.